The fourth-order valence-corrected chi connectivity index (χ4v) is 2.18. The summed E-state index contributed by atoms with van der Waals surface area (Å²) in [6.45, 7) is 0. The van der Waals surface area contributed by atoms with Crippen LogP contribution in [0.4, 0.5) is 10.1 Å². The van der Waals surface area contributed by atoms with Gasteiger partial charge in [-0.15, -0.1) is 5.10 Å². The lowest BCUT2D eigenvalue weighted by Crippen LogP contribution is -2.14. The molecule has 0 aliphatic heterocycles. The highest BCUT2D eigenvalue weighted by molar-refractivity contribution is 5.92. The van der Waals surface area contributed by atoms with Gasteiger partial charge in [-0.25, -0.2) is 9.07 Å². The van der Waals surface area contributed by atoms with Crippen molar-refractivity contribution in [2.45, 2.75) is 12.8 Å². The molecule has 1 amide bonds. The minimum Gasteiger partial charge on any atom is -0.324 e. The maximum atomic E-state index is 13.1. The molecule has 3 rings (SSSR count). The normalized spacial score (nSPS) is 10.5. The summed E-state index contributed by atoms with van der Waals surface area (Å²) in [6.07, 6.45) is 6.61. The monoisotopic (exact) mass is 311 g/mol. The average molecular weight is 311 g/mol. The second-order valence-electron chi connectivity index (χ2n) is 4.92. The zero-order chi connectivity index (χ0) is 16.1. The molecule has 6 nitrogen and oxygen atoms in total. The van der Waals surface area contributed by atoms with Gasteiger partial charge in [-0.05, 0) is 30.2 Å². The highest BCUT2D eigenvalue weighted by atomic mass is 19.1. The molecule has 7 heteroatoms. The molecular weight excluding hydrogens is 297 g/mol. The summed E-state index contributed by atoms with van der Waals surface area (Å²) in [5.74, 6) is -0.568. The van der Waals surface area contributed by atoms with Gasteiger partial charge in [-0.2, -0.15) is 0 Å². The Morgan fingerprint density at radius 1 is 1.26 bits per heavy atom. The number of nitrogens with one attached hydrogen (secondary N) is 1. The van der Waals surface area contributed by atoms with Gasteiger partial charge in [0.25, 0.3) is 0 Å². The number of aromatic nitrogens is 4. The third-order valence-electron chi connectivity index (χ3n) is 3.25. The van der Waals surface area contributed by atoms with Crippen LogP contribution >= 0.6 is 0 Å². The number of anilines is 1. The van der Waals surface area contributed by atoms with Crippen LogP contribution in [0.25, 0.3) is 5.69 Å². The number of benzene rings is 1. The molecule has 1 aromatic carbocycles. The number of para-hydroxylation sites is 2. The van der Waals surface area contributed by atoms with Gasteiger partial charge in [0.05, 0.1) is 30.0 Å². The molecule has 0 aliphatic rings. The molecule has 3 aromatic rings. The molecular formula is C16H14FN5O. The lowest BCUT2D eigenvalue weighted by molar-refractivity contribution is -0.116. The molecule has 0 radical (unpaired) electrons. The molecule has 0 saturated carbocycles. The van der Waals surface area contributed by atoms with Gasteiger partial charge in [0.2, 0.25) is 5.91 Å². The number of carbonyl (C=O) groups is 1. The van der Waals surface area contributed by atoms with Crippen LogP contribution in [0, 0.1) is 5.82 Å². The minimum absolute atomic E-state index is 0.165. The maximum Gasteiger partial charge on any atom is 0.224 e. The molecule has 23 heavy (non-hydrogen) atoms. The largest absolute Gasteiger partial charge is 0.324 e. The van der Waals surface area contributed by atoms with Crippen molar-refractivity contribution in [3.8, 4) is 5.69 Å². The first-order valence-corrected chi connectivity index (χ1v) is 7.07. The Morgan fingerprint density at radius 2 is 2.13 bits per heavy atom. The number of halogens is 1. The third kappa shape index (κ3) is 3.76. The van der Waals surface area contributed by atoms with Gasteiger partial charge in [-0.3, -0.25) is 9.78 Å². The van der Waals surface area contributed by atoms with Crippen LogP contribution in [-0.4, -0.2) is 25.9 Å². The van der Waals surface area contributed by atoms with E-state index in [-0.39, 0.29) is 12.3 Å². The zero-order valence-electron chi connectivity index (χ0n) is 12.2. The Kier molecular flexibility index (Phi) is 4.37. The standard InChI is InChI=1S/C16H14FN5O/c17-13-9-12(10-18-11-13)5-6-16(23)20-14-3-1-2-4-15(14)22-8-7-19-21-22/h1-4,7-11H,5-6H2,(H,20,23). The predicted octanol–water partition coefficient (Wildman–Crippen LogP) is 2.37. The van der Waals surface area contributed by atoms with E-state index >= 15 is 0 Å². The molecule has 2 aromatic heterocycles. The zero-order valence-corrected chi connectivity index (χ0v) is 12.2. The van der Waals surface area contributed by atoms with Gasteiger partial charge in [-0.1, -0.05) is 17.3 Å². The Bertz CT molecular complexity index is 804. The van der Waals surface area contributed by atoms with Crippen LogP contribution in [-0.2, 0) is 11.2 Å². The summed E-state index contributed by atoms with van der Waals surface area (Å²) in [6, 6.07) is 8.68. The molecule has 0 fully saturated rings. The van der Waals surface area contributed by atoms with E-state index < -0.39 is 5.82 Å². The number of hydrogen-bond donors (Lipinski definition) is 1. The molecule has 0 unspecified atom stereocenters. The Balaban J connectivity index is 1.67. The van der Waals surface area contributed by atoms with Crippen LogP contribution in [0.2, 0.25) is 0 Å². The van der Waals surface area contributed by atoms with Gasteiger partial charge < -0.3 is 5.32 Å². The van der Waals surface area contributed by atoms with Crippen molar-refractivity contribution in [1.82, 2.24) is 20.0 Å². The van der Waals surface area contributed by atoms with Crippen molar-refractivity contribution in [2.24, 2.45) is 0 Å². The van der Waals surface area contributed by atoms with E-state index in [4.69, 9.17) is 0 Å². The molecule has 1 N–H and O–H groups in total. The number of amides is 1. The number of hydrogen-bond acceptors (Lipinski definition) is 4. The fourth-order valence-electron chi connectivity index (χ4n) is 2.18. The molecule has 0 saturated heterocycles. The van der Waals surface area contributed by atoms with E-state index in [9.17, 15) is 9.18 Å². The molecule has 0 bridgehead atoms. The van der Waals surface area contributed by atoms with E-state index in [1.165, 1.54) is 6.07 Å². The fraction of sp³-hybridized carbons (Fsp3) is 0.125. The van der Waals surface area contributed by atoms with E-state index in [1.807, 2.05) is 18.2 Å². The van der Waals surface area contributed by atoms with Crippen LogP contribution in [0.3, 0.4) is 0 Å². The predicted molar refractivity (Wildman–Crippen MR) is 82.5 cm³/mol. The topological polar surface area (TPSA) is 72.7 Å². The number of rotatable bonds is 5. The highest BCUT2D eigenvalue weighted by Gasteiger charge is 2.09. The van der Waals surface area contributed by atoms with Crippen molar-refractivity contribution in [2.75, 3.05) is 5.32 Å². The third-order valence-corrected chi connectivity index (χ3v) is 3.25. The van der Waals surface area contributed by atoms with E-state index in [0.29, 0.717) is 17.7 Å². The van der Waals surface area contributed by atoms with Crippen molar-refractivity contribution >= 4 is 11.6 Å². The summed E-state index contributed by atoms with van der Waals surface area (Å²) >= 11 is 0. The summed E-state index contributed by atoms with van der Waals surface area (Å²) in [4.78, 5) is 15.9. The minimum atomic E-state index is -0.403. The molecule has 0 atom stereocenters. The second-order valence-corrected chi connectivity index (χ2v) is 4.92. The average Bonchev–Trinajstić information content (AvgIpc) is 3.08. The number of nitrogens with zero attached hydrogens (tertiary/aromatic N) is 4. The van der Waals surface area contributed by atoms with Gasteiger partial charge in [0.1, 0.15) is 5.82 Å². The van der Waals surface area contributed by atoms with Crippen molar-refractivity contribution in [1.29, 1.82) is 0 Å². The summed E-state index contributed by atoms with van der Waals surface area (Å²) in [5.41, 5.74) is 2.05. The van der Waals surface area contributed by atoms with Crippen LogP contribution in [0.1, 0.15) is 12.0 Å². The Morgan fingerprint density at radius 3 is 2.91 bits per heavy atom. The molecule has 2 heterocycles. The van der Waals surface area contributed by atoms with E-state index in [0.717, 1.165) is 11.9 Å². The van der Waals surface area contributed by atoms with Gasteiger partial charge in [0.15, 0.2) is 0 Å². The lowest BCUT2D eigenvalue weighted by Gasteiger charge is -2.10. The Labute approximate surface area is 132 Å². The van der Waals surface area contributed by atoms with Crippen LogP contribution < -0.4 is 5.32 Å². The Hall–Kier alpha value is -3.09. The smallest absolute Gasteiger partial charge is 0.224 e. The van der Waals surface area contributed by atoms with E-state index in [2.05, 4.69) is 20.6 Å². The molecule has 0 spiro atoms. The summed E-state index contributed by atoms with van der Waals surface area (Å²) in [7, 11) is 0. The summed E-state index contributed by atoms with van der Waals surface area (Å²) < 4.78 is 14.6. The second kappa shape index (κ2) is 6.78. The van der Waals surface area contributed by atoms with Crippen molar-refractivity contribution < 1.29 is 9.18 Å². The van der Waals surface area contributed by atoms with E-state index in [1.54, 1.807) is 29.3 Å². The molecule has 116 valence electrons. The summed E-state index contributed by atoms with van der Waals surface area (Å²) in [5, 5.41) is 10.5. The van der Waals surface area contributed by atoms with Crippen molar-refractivity contribution in [3.63, 3.8) is 0 Å². The maximum absolute atomic E-state index is 13.1. The van der Waals surface area contributed by atoms with Crippen molar-refractivity contribution in [3.05, 3.63) is 66.5 Å². The first kappa shape index (κ1) is 14.8. The number of pyridine rings is 1. The van der Waals surface area contributed by atoms with Gasteiger partial charge in [0, 0.05) is 12.6 Å². The highest BCUT2D eigenvalue weighted by Crippen LogP contribution is 2.19. The van der Waals surface area contributed by atoms with Crippen LogP contribution in [0.15, 0.2) is 55.1 Å². The first-order valence-electron chi connectivity index (χ1n) is 7.07. The quantitative estimate of drug-likeness (QED) is 0.785. The van der Waals surface area contributed by atoms with Crippen LogP contribution in [0.5, 0.6) is 0 Å². The SMILES string of the molecule is O=C(CCc1cncc(F)c1)Nc1ccccc1-n1ccnn1. The van der Waals surface area contributed by atoms with Gasteiger partial charge >= 0.3 is 0 Å². The first-order chi connectivity index (χ1) is 11.2. The lowest BCUT2D eigenvalue weighted by atomic mass is 10.1. The number of aryl methyl sites for hydroxylation is 1. The molecule has 0 aliphatic carbocycles. The number of carbonyl (C=O) groups excluding carboxylic acids is 1.